The predicted octanol–water partition coefficient (Wildman–Crippen LogP) is 4.63. The van der Waals surface area contributed by atoms with Gasteiger partial charge in [0.1, 0.15) is 5.78 Å². The Morgan fingerprint density at radius 3 is 2.55 bits per heavy atom. The van der Waals surface area contributed by atoms with Crippen molar-refractivity contribution in [2.75, 3.05) is 19.9 Å². The Morgan fingerprint density at radius 2 is 1.82 bits per heavy atom. The number of carbonyl (C=O) groups excluding carboxylic acids is 1. The molecular weight excluding hydrogens is 502 g/mol. The molecule has 1 atom stereocenters. The van der Waals surface area contributed by atoms with Crippen LogP contribution in [0.3, 0.4) is 0 Å². The molecule has 3 aliphatic rings. The van der Waals surface area contributed by atoms with E-state index in [1.54, 1.807) is 12.1 Å². The third kappa shape index (κ3) is 4.51. The molecule has 7 nitrogen and oxygen atoms in total. The summed E-state index contributed by atoms with van der Waals surface area (Å²) in [7, 11) is -3.66. The lowest BCUT2D eigenvalue weighted by Crippen LogP contribution is -2.42. The van der Waals surface area contributed by atoms with E-state index in [0.29, 0.717) is 37.3 Å². The van der Waals surface area contributed by atoms with Crippen molar-refractivity contribution in [1.29, 1.82) is 0 Å². The smallest absolute Gasteiger partial charge is 0.243 e. The van der Waals surface area contributed by atoms with E-state index in [0.717, 1.165) is 40.7 Å². The number of rotatable bonds is 7. The van der Waals surface area contributed by atoms with Crippen molar-refractivity contribution in [3.05, 3.63) is 77.4 Å². The number of hydrogen-bond acceptors (Lipinski definition) is 6. The summed E-state index contributed by atoms with van der Waals surface area (Å²) in [5, 5.41) is 9.92. The van der Waals surface area contributed by atoms with E-state index in [-0.39, 0.29) is 25.4 Å². The average Bonchev–Trinajstić information content (AvgIpc) is 3.60. The number of benzene rings is 3. The maximum absolute atomic E-state index is 13.5. The van der Waals surface area contributed by atoms with Gasteiger partial charge in [-0.3, -0.25) is 4.79 Å². The maximum atomic E-state index is 13.5. The maximum Gasteiger partial charge on any atom is 0.243 e. The zero-order valence-corrected chi connectivity index (χ0v) is 22.2. The Balaban J connectivity index is 0.00000308. The predicted molar refractivity (Wildman–Crippen MR) is 145 cm³/mol. The molecule has 6 rings (SSSR count). The highest BCUT2D eigenvalue weighted by Crippen LogP contribution is 2.51. The quantitative estimate of drug-likeness (QED) is 0.474. The molecule has 0 radical (unpaired) electrons. The second-order valence-electron chi connectivity index (χ2n) is 10.6. The summed E-state index contributed by atoms with van der Waals surface area (Å²) in [4.78, 5) is 13.7. The molecular formula is C30H33NO6S. The minimum absolute atomic E-state index is 0. The molecule has 2 heterocycles. The molecule has 0 bridgehead atoms. The highest BCUT2D eigenvalue weighted by Gasteiger charge is 2.50. The number of ketones is 1. The summed E-state index contributed by atoms with van der Waals surface area (Å²) in [6.07, 6.45) is 2.64. The van der Waals surface area contributed by atoms with Gasteiger partial charge in [-0.1, -0.05) is 36.4 Å². The first-order valence-corrected chi connectivity index (χ1v) is 14.5. The van der Waals surface area contributed by atoms with Crippen molar-refractivity contribution >= 4 is 15.8 Å². The normalized spacial score (nSPS) is 20.3. The first-order chi connectivity index (χ1) is 18.3. The van der Waals surface area contributed by atoms with Crippen LogP contribution < -0.4 is 9.47 Å². The Kier molecular flexibility index (Phi) is 6.29. The molecule has 0 amide bonds. The Bertz CT molecular complexity index is 1500. The third-order valence-corrected chi connectivity index (χ3v) is 9.92. The fourth-order valence-electron chi connectivity index (χ4n) is 5.59. The van der Waals surface area contributed by atoms with Crippen LogP contribution in [-0.2, 0) is 26.7 Å². The van der Waals surface area contributed by atoms with Gasteiger partial charge in [0.15, 0.2) is 11.5 Å². The number of fused-ring (bicyclic) bond motifs is 1. The van der Waals surface area contributed by atoms with Gasteiger partial charge in [0.05, 0.1) is 16.4 Å². The standard InChI is InChI=1S/C30H31NO6S.H2/c1-20-4-5-21(16-29(33)30(12-13-30)23-8-11-27-28(17-23)37-19-36-27)15-26(20)22-6-9-25(10-7-22)38(34,35)31-14-2-3-24(32)18-31;/h4-11,15,17,24,32H,2-3,12-14,16,18-19H2,1H3;1H. The molecule has 1 saturated carbocycles. The SMILES string of the molecule is Cc1ccc(CC(=O)C2(c3ccc4c(c3)OCO4)CC2)cc1-c1ccc(S(=O)(=O)N2CCCC(O)C2)cc1.[HH]. The van der Waals surface area contributed by atoms with Crippen LogP contribution in [0.5, 0.6) is 11.5 Å². The van der Waals surface area contributed by atoms with E-state index in [9.17, 15) is 18.3 Å². The van der Waals surface area contributed by atoms with Gasteiger partial charge in [0.25, 0.3) is 0 Å². The van der Waals surface area contributed by atoms with Gasteiger partial charge in [0, 0.05) is 20.9 Å². The molecule has 1 aliphatic carbocycles. The molecule has 200 valence electrons. The highest BCUT2D eigenvalue weighted by molar-refractivity contribution is 7.89. The summed E-state index contributed by atoms with van der Waals surface area (Å²) in [5.41, 5.74) is 4.36. The molecule has 1 saturated heterocycles. The summed E-state index contributed by atoms with van der Waals surface area (Å²) in [6, 6.07) is 18.7. The minimum atomic E-state index is -3.66. The zero-order chi connectivity index (χ0) is 26.5. The lowest BCUT2D eigenvalue weighted by molar-refractivity contribution is -0.120. The number of aryl methyl sites for hydroxylation is 1. The van der Waals surface area contributed by atoms with Crippen molar-refractivity contribution in [3.63, 3.8) is 0 Å². The summed E-state index contributed by atoms with van der Waals surface area (Å²) in [6.45, 7) is 2.77. The van der Waals surface area contributed by atoms with Crippen LogP contribution in [0, 0.1) is 6.92 Å². The number of aliphatic hydroxyl groups is 1. The van der Waals surface area contributed by atoms with Crippen molar-refractivity contribution in [3.8, 4) is 22.6 Å². The second kappa shape index (κ2) is 9.52. The number of β-amino-alcohol motifs (C(OH)–C–C–N with tert-alkyl or cyclic N) is 1. The van der Waals surface area contributed by atoms with E-state index in [1.807, 2.05) is 55.5 Å². The molecule has 0 aromatic heterocycles. The fraction of sp³-hybridized carbons (Fsp3) is 0.367. The fourth-order valence-corrected chi connectivity index (χ4v) is 7.10. The van der Waals surface area contributed by atoms with Crippen molar-refractivity contribution < 1.29 is 29.2 Å². The van der Waals surface area contributed by atoms with Crippen LogP contribution in [0.15, 0.2) is 65.6 Å². The monoisotopic (exact) mass is 535 g/mol. The van der Waals surface area contributed by atoms with Gasteiger partial charge in [-0.15, -0.1) is 0 Å². The van der Waals surface area contributed by atoms with Gasteiger partial charge in [-0.2, -0.15) is 4.31 Å². The third-order valence-electron chi connectivity index (χ3n) is 8.04. The van der Waals surface area contributed by atoms with Crippen LogP contribution in [0.4, 0.5) is 0 Å². The molecule has 3 aromatic carbocycles. The summed E-state index contributed by atoms with van der Waals surface area (Å²) in [5.74, 6) is 1.60. The first-order valence-electron chi connectivity index (χ1n) is 13.1. The van der Waals surface area contributed by atoms with Crippen LogP contribution in [0.2, 0.25) is 0 Å². The van der Waals surface area contributed by atoms with Crippen molar-refractivity contribution in [1.82, 2.24) is 4.31 Å². The number of carbonyl (C=O) groups is 1. The Hall–Kier alpha value is -3.20. The lowest BCUT2D eigenvalue weighted by atomic mass is 9.87. The number of piperidine rings is 1. The number of sulfonamides is 1. The number of Topliss-reactive ketones (excluding diaryl/α,β-unsaturated/α-hetero) is 1. The summed E-state index contributed by atoms with van der Waals surface area (Å²) >= 11 is 0. The highest BCUT2D eigenvalue weighted by atomic mass is 32.2. The van der Waals surface area contributed by atoms with Gasteiger partial charge in [-0.25, -0.2) is 8.42 Å². The molecule has 1 unspecified atom stereocenters. The van der Waals surface area contributed by atoms with Gasteiger partial charge in [0.2, 0.25) is 16.8 Å². The van der Waals surface area contributed by atoms with Crippen LogP contribution >= 0.6 is 0 Å². The topological polar surface area (TPSA) is 93.1 Å². The van der Waals surface area contributed by atoms with E-state index in [2.05, 4.69) is 0 Å². The summed E-state index contributed by atoms with van der Waals surface area (Å²) < 4.78 is 38.4. The molecule has 0 spiro atoms. The zero-order valence-electron chi connectivity index (χ0n) is 21.4. The molecule has 2 fully saturated rings. The minimum Gasteiger partial charge on any atom is -0.454 e. The molecule has 2 aliphatic heterocycles. The molecule has 3 aromatic rings. The average molecular weight is 536 g/mol. The largest absolute Gasteiger partial charge is 0.454 e. The van der Waals surface area contributed by atoms with Gasteiger partial charge >= 0.3 is 0 Å². The Morgan fingerprint density at radius 1 is 1.05 bits per heavy atom. The van der Waals surface area contributed by atoms with Crippen molar-refractivity contribution in [2.45, 2.75) is 55.4 Å². The second-order valence-corrected chi connectivity index (χ2v) is 12.5. The molecule has 8 heteroatoms. The lowest BCUT2D eigenvalue weighted by Gasteiger charge is -2.29. The number of aliphatic hydroxyl groups excluding tert-OH is 1. The number of nitrogens with zero attached hydrogens (tertiary/aromatic N) is 1. The van der Waals surface area contributed by atoms with Crippen LogP contribution in [0.1, 0.15) is 43.8 Å². The molecule has 38 heavy (non-hydrogen) atoms. The van der Waals surface area contributed by atoms with Gasteiger partial charge < -0.3 is 14.6 Å². The Labute approximate surface area is 224 Å². The van der Waals surface area contributed by atoms with E-state index in [1.165, 1.54) is 4.31 Å². The van der Waals surface area contributed by atoms with E-state index < -0.39 is 21.5 Å². The van der Waals surface area contributed by atoms with Crippen LogP contribution in [0.25, 0.3) is 11.1 Å². The number of ether oxygens (including phenoxy) is 2. The van der Waals surface area contributed by atoms with E-state index in [4.69, 9.17) is 9.47 Å². The van der Waals surface area contributed by atoms with E-state index >= 15 is 0 Å². The molecule has 1 N–H and O–H groups in total. The van der Waals surface area contributed by atoms with Crippen LogP contribution in [-0.4, -0.2) is 49.6 Å². The van der Waals surface area contributed by atoms with Crippen molar-refractivity contribution in [2.24, 2.45) is 0 Å². The van der Waals surface area contributed by atoms with Gasteiger partial charge in [-0.05, 0) is 84.7 Å². The first kappa shape index (κ1) is 25.1. The number of hydrogen-bond donors (Lipinski definition) is 1.